The number of hydrogen-bond donors (Lipinski definition) is 1. The Morgan fingerprint density at radius 1 is 0.976 bits per heavy atom. The number of amides is 1. The van der Waals surface area contributed by atoms with Gasteiger partial charge in [-0.25, -0.2) is 4.79 Å². The first-order valence-corrected chi connectivity index (χ1v) is 15.9. The maximum atomic E-state index is 13.4. The third-order valence-corrected chi connectivity index (χ3v) is 11.9. The van der Waals surface area contributed by atoms with Gasteiger partial charge in [-0.05, 0) is 60.4 Å². The predicted molar refractivity (Wildman–Crippen MR) is 143 cm³/mol. The van der Waals surface area contributed by atoms with Crippen LogP contribution in [0.5, 0.6) is 5.75 Å². The second kappa shape index (κ2) is 11.7. The summed E-state index contributed by atoms with van der Waals surface area (Å²) in [6.07, 6.45) is -9.93. The van der Waals surface area contributed by atoms with Crippen LogP contribution in [0.3, 0.4) is 0 Å². The van der Waals surface area contributed by atoms with Gasteiger partial charge in [0.1, 0.15) is 11.3 Å². The minimum atomic E-state index is -5.07. The molecule has 0 spiro atoms. The standard InChI is InChI=1S/C28H34F6N2O4Si/c1-26(2,3)41(5,6)40-23-12-17(7-8-22(23)25(38)39-4)11-21-16-35-9-10-36(21)24(37)18-13-19(27(29,30)31)15-20(14-18)28(32,33)34/h7-8,12-15,21,35H,9-11,16H2,1-6H3/t21-/m1/s1. The van der Waals surface area contributed by atoms with Crippen LogP contribution in [0, 0.1) is 0 Å². The largest absolute Gasteiger partial charge is 0.543 e. The normalized spacial score (nSPS) is 16.9. The van der Waals surface area contributed by atoms with E-state index in [4.69, 9.17) is 9.16 Å². The summed E-state index contributed by atoms with van der Waals surface area (Å²) >= 11 is 0. The van der Waals surface area contributed by atoms with Gasteiger partial charge < -0.3 is 19.4 Å². The van der Waals surface area contributed by atoms with Crippen molar-refractivity contribution in [1.29, 1.82) is 0 Å². The van der Waals surface area contributed by atoms with Gasteiger partial charge in [0.25, 0.3) is 14.2 Å². The van der Waals surface area contributed by atoms with E-state index in [0.717, 1.165) is 0 Å². The Balaban J connectivity index is 1.98. The SMILES string of the molecule is COC(=O)c1ccc(C[C@@H]2CNCCN2C(=O)c2cc(C(F)(F)F)cc(C(F)(F)F)c2)cc1O[Si](C)(C)C(C)(C)C. The van der Waals surface area contributed by atoms with E-state index in [1.54, 1.807) is 18.2 Å². The van der Waals surface area contributed by atoms with Crippen molar-refractivity contribution in [2.45, 2.75) is 63.7 Å². The molecule has 41 heavy (non-hydrogen) atoms. The first-order chi connectivity index (χ1) is 18.7. The monoisotopic (exact) mass is 604 g/mol. The number of alkyl halides is 6. The summed E-state index contributed by atoms with van der Waals surface area (Å²) in [4.78, 5) is 27.1. The number of nitrogens with one attached hydrogen (secondary N) is 1. The van der Waals surface area contributed by atoms with E-state index in [0.29, 0.717) is 30.0 Å². The fourth-order valence-electron chi connectivity index (χ4n) is 4.21. The van der Waals surface area contributed by atoms with Crippen LogP contribution in [0.4, 0.5) is 26.3 Å². The Bertz CT molecular complexity index is 1260. The van der Waals surface area contributed by atoms with Gasteiger partial charge in [0.05, 0.1) is 18.2 Å². The number of carbonyl (C=O) groups excluding carboxylic acids is 2. The number of nitrogens with zero attached hydrogens (tertiary/aromatic N) is 1. The van der Waals surface area contributed by atoms with Crippen LogP contribution in [0.15, 0.2) is 36.4 Å². The summed E-state index contributed by atoms with van der Waals surface area (Å²) in [6, 6.07) is 5.20. The van der Waals surface area contributed by atoms with Gasteiger partial charge in [0.2, 0.25) is 0 Å². The van der Waals surface area contributed by atoms with Crippen molar-refractivity contribution in [3.8, 4) is 5.75 Å². The number of rotatable bonds is 6. The van der Waals surface area contributed by atoms with Crippen molar-refractivity contribution < 1.29 is 45.1 Å². The second-order valence-electron chi connectivity index (χ2n) is 11.5. The smallest absolute Gasteiger partial charge is 0.416 e. The van der Waals surface area contributed by atoms with Gasteiger partial charge in [-0.2, -0.15) is 26.3 Å². The van der Waals surface area contributed by atoms with Crippen molar-refractivity contribution in [1.82, 2.24) is 10.2 Å². The van der Waals surface area contributed by atoms with Gasteiger partial charge in [-0.3, -0.25) is 4.79 Å². The van der Waals surface area contributed by atoms with Crippen molar-refractivity contribution in [2.24, 2.45) is 0 Å². The number of ether oxygens (including phenoxy) is 1. The Morgan fingerprint density at radius 3 is 2.07 bits per heavy atom. The Labute approximate surface area is 236 Å². The molecule has 1 aliphatic heterocycles. The summed E-state index contributed by atoms with van der Waals surface area (Å²) < 4.78 is 91.8. The number of hydrogen-bond acceptors (Lipinski definition) is 5. The molecule has 1 aliphatic rings. The molecule has 0 radical (unpaired) electrons. The highest BCUT2D eigenvalue weighted by Gasteiger charge is 2.41. The molecule has 0 saturated carbocycles. The second-order valence-corrected chi connectivity index (χ2v) is 16.3. The Morgan fingerprint density at radius 2 is 1.56 bits per heavy atom. The minimum absolute atomic E-state index is 0.00119. The lowest BCUT2D eigenvalue weighted by Gasteiger charge is -2.38. The van der Waals surface area contributed by atoms with Crippen LogP contribution >= 0.6 is 0 Å². The molecule has 1 atom stereocenters. The highest BCUT2D eigenvalue weighted by atomic mass is 28.4. The van der Waals surface area contributed by atoms with E-state index in [2.05, 4.69) is 5.32 Å². The molecule has 2 aromatic carbocycles. The van der Waals surface area contributed by atoms with Gasteiger partial charge >= 0.3 is 18.3 Å². The zero-order valence-electron chi connectivity index (χ0n) is 23.7. The van der Waals surface area contributed by atoms with Gasteiger partial charge in [0.15, 0.2) is 0 Å². The third kappa shape index (κ3) is 7.62. The molecule has 3 rings (SSSR count). The van der Waals surface area contributed by atoms with Crippen LogP contribution in [0.2, 0.25) is 18.1 Å². The van der Waals surface area contributed by atoms with Crippen molar-refractivity contribution >= 4 is 20.2 Å². The molecule has 1 amide bonds. The van der Waals surface area contributed by atoms with E-state index in [9.17, 15) is 35.9 Å². The summed E-state index contributed by atoms with van der Waals surface area (Å²) in [7, 11) is -1.15. The summed E-state index contributed by atoms with van der Waals surface area (Å²) in [5, 5.41) is 2.93. The molecule has 0 aliphatic carbocycles. The number of carbonyl (C=O) groups is 2. The lowest BCUT2D eigenvalue weighted by atomic mass is 9.99. The highest BCUT2D eigenvalue weighted by molar-refractivity contribution is 6.74. The number of esters is 1. The maximum absolute atomic E-state index is 13.4. The van der Waals surface area contributed by atoms with Crippen LogP contribution < -0.4 is 9.74 Å². The molecule has 2 aromatic rings. The van der Waals surface area contributed by atoms with Crippen molar-refractivity contribution in [2.75, 3.05) is 26.7 Å². The van der Waals surface area contributed by atoms with Gasteiger partial charge in [-0.1, -0.05) is 26.8 Å². The molecule has 226 valence electrons. The van der Waals surface area contributed by atoms with Crippen LogP contribution in [-0.4, -0.2) is 57.9 Å². The van der Waals surface area contributed by atoms with E-state index in [1.165, 1.54) is 12.0 Å². The topological polar surface area (TPSA) is 67.9 Å². The molecule has 0 unspecified atom stereocenters. The quantitative estimate of drug-likeness (QED) is 0.230. The molecule has 1 N–H and O–H groups in total. The molecular formula is C28H34F6N2O4Si. The first-order valence-electron chi connectivity index (χ1n) is 13.0. The molecule has 0 bridgehead atoms. The van der Waals surface area contributed by atoms with Crippen LogP contribution in [0.25, 0.3) is 0 Å². The molecule has 6 nitrogen and oxygen atoms in total. The fraction of sp³-hybridized carbons (Fsp3) is 0.500. The van der Waals surface area contributed by atoms with E-state index >= 15 is 0 Å². The van der Waals surface area contributed by atoms with E-state index < -0.39 is 55.3 Å². The molecule has 1 fully saturated rings. The number of halogens is 6. The Kier molecular flexibility index (Phi) is 9.24. The van der Waals surface area contributed by atoms with Crippen molar-refractivity contribution in [3.05, 3.63) is 64.2 Å². The zero-order chi connectivity index (χ0) is 31.0. The highest BCUT2D eigenvalue weighted by Crippen LogP contribution is 2.39. The maximum Gasteiger partial charge on any atom is 0.416 e. The van der Waals surface area contributed by atoms with Crippen molar-refractivity contribution in [3.63, 3.8) is 0 Å². The predicted octanol–water partition coefficient (Wildman–Crippen LogP) is 6.55. The summed E-state index contributed by atoms with van der Waals surface area (Å²) in [6.45, 7) is 10.8. The number of benzene rings is 2. The fourth-order valence-corrected chi connectivity index (χ4v) is 5.24. The van der Waals surface area contributed by atoms with E-state index in [-0.39, 0.29) is 36.2 Å². The first kappa shape index (κ1) is 32.5. The minimum Gasteiger partial charge on any atom is -0.543 e. The Hall–Kier alpha value is -3.06. The van der Waals surface area contributed by atoms with E-state index in [1.807, 2.05) is 33.9 Å². The summed E-state index contributed by atoms with van der Waals surface area (Å²) in [5.41, 5.74) is -2.90. The zero-order valence-corrected chi connectivity index (χ0v) is 24.7. The average molecular weight is 605 g/mol. The molecule has 1 heterocycles. The number of methoxy groups -OCH3 is 1. The van der Waals surface area contributed by atoms with Gasteiger partial charge in [-0.15, -0.1) is 0 Å². The average Bonchev–Trinajstić information content (AvgIpc) is 2.86. The number of piperazine rings is 1. The van der Waals surface area contributed by atoms with Crippen LogP contribution in [0.1, 0.15) is 58.2 Å². The molecular weight excluding hydrogens is 570 g/mol. The van der Waals surface area contributed by atoms with Gasteiger partial charge in [0, 0.05) is 31.2 Å². The lowest BCUT2D eigenvalue weighted by molar-refractivity contribution is -0.143. The molecule has 13 heteroatoms. The third-order valence-electron chi connectivity index (χ3n) is 7.54. The lowest BCUT2D eigenvalue weighted by Crippen LogP contribution is -2.54. The summed E-state index contributed by atoms with van der Waals surface area (Å²) in [5.74, 6) is -1.21. The van der Waals surface area contributed by atoms with Crippen LogP contribution in [-0.2, 0) is 23.5 Å². The molecule has 1 saturated heterocycles. The molecule has 0 aromatic heterocycles.